The van der Waals surface area contributed by atoms with E-state index in [-0.39, 0.29) is 30.3 Å². The van der Waals surface area contributed by atoms with E-state index in [4.69, 9.17) is 5.11 Å². The number of rotatable bonds is 6. The Bertz CT molecular complexity index is 691. The number of benzene rings is 1. The number of amides is 2. The fourth-order valence-corrected chi connectivity index (χ4v) is 4.47. The average Bonchev–Trinajstić information content (AvgIpc) is 3.06. The van der Waals surface area contributed by atoms with E-state index in [0.29, 0.717) is 24.3 Å². The molecular weight excluding hydrogens is 344 g/mol. The molecule has 1 aliphatic carbocycles. The Balaban J connectivity index is 1.76. The van der Waals surface area contributed by atoms with Crippen molar-refractivity contribution in [2.24, 2.45) is 5.92 Å². The van der Waals surface area contributed by atoms with E-state index < -0.39 is 12.0 Å². The van der Waals surface area contributed by atoms with E-state index in [1.807, 2.05) is 25.1 Å². The summed E-state index contributed by atoms with van der Waals surface area (Å²) < 4.78 is 0. The van der Waals surface area contributed by atoms with Crippen LogP contribution in [0.25, 0.3) is 0 Å². The SMILES string of the molecule is CC(CCC(=O)O)NC(=O)C1CC2CCCCC2N1C(=O)c1ccccc1. The van der Waals surface area contributed by atoms with Crippen LogP contribution in [0.2, 0.25) is 0 Å². The summed E-state index contributed by atoms with van der Waals surface area (Å²) >= 11 is 0. The van der Waals surface area contributed by atoms with Gasteiger partial charge in [-0.1, -0.05) is 31.0 Å². The van der Waals surface area contributed by atoms with E-state index >= 15 is 0 Å². The maximum atomic E-state index is 13.2. The minimum atomic E-state index is -0.871. The first-order valence-corrected chi connectivity index (χ1v) is 9.87. The number of carbonyl (C=O) groups excluding carboxylic acids is 2. The lowest BCUT2D eigenvalue weighted by molar-refractivity contribution is -0.137. The van der Waals surface area contributed by atoms with Crippen LogP contribution in [-0.2, 0) is 9.59 Å². The molecule has 27 heavy (non-hydrogen) atoms. The molecule has 2 fully saturated rings. The number of carboxylic acids is 1. The quantitative estimate of drug-likeness (QED) is 0.804. The zero-order valence-corrected chi connectivity index (χ0v) is 15.8. The standard InChI is InChI=1S/C21H28N2O4/c1-14(11-12-19(24)25)22-20(26)18-13-16-9-5-6-10-17(16)23(18)21(27)15-7-3-2-4-8-15/h2-4,7-8,14,16-18H,5-6,9-13H2,1H3,(H,22,26)(H,24,25). The van der Waals surface area contributed by atoms with Crippen molar-refractivity contribution in [1.29, 1.82) is 0 Å². The Morgan fingerprint density at radius 3 is 2.59 bits per heavy atom. The summed E-state index contributed by atoms with van der Waals surface area (Å²) in [5.74, 6) is -0.740. The molecule has 4 atom stereocenters. The second-order valence-corrected chi connectivity index (χ2v) is 7.78. The van der Waals surface area contributed by atoms with Crippen molar-refractivity contribution in [1.82, 2.24) is 10.2 Å². The second kappa shape index (κ2) is 8.55. The Morgan fingerprint density at radius 2 is 1.89 bits per heavy atom. The summed E-state index contributed by atoms with van der Waals surface area (Å²) in [4.78, 5) is 38.7. The van der Waals surface area contributed by atoms with Crippen LogP contribution in [0, 0.1) is 5.92 Å². The Hall–Kier alpha value is -2.37. The molecule has 3 rings (SSSR count). The third-order valence-corrected chi connectivity index (χ3v) is 5.83. The van der Waals surface area contributed by atoms with Crippen molar-refractivity contribution in [2.75, 3.05) is 0 Å². The molecule has 1 aromatic carbocycles. The number of carbonyl (C=O) groups is 3. The molecule has 0 radical (unpaired) electrons. The van der Waals surface area contributed by atoms with Crippen LogP contribution in [0.3, 0.4) is 0 Å². The minimum absolute atomic E-state index is 0.0179. The van der Waals surface area contributed by atoms with Crippen LogP contribution in [0.4, 0.5) is 0 Å². The number of nitrogens with zero attached hydrogens (tertiary/aromatic N) is 1. The van der Waals surface area contributed by atoms with Crippen LogP contribution < -0.4 is 5.32 Å². The molecule has 1 saturated carbocycles. The monoisotopic (exact) mass is 372 g/mol. The fraction of sp³-hybridized carbons (Fsp3) is 0.571. The third kappa shape index (κ3) is 4.49. The predicted octanol–water partition coefficient (Wildman–Crippen LogP) is 2.83. The van der Waals surface area contributed by atoms with Crippen molar-refractivity contribution in [3.05, 3.63) is 35.9 Å². The molecular formula is C21H28N2O4. The first-order chi connectivity index (χ1) is 13.0. The molecule has 2 aliphatic rings. The zero-order valence-electron chi connectivity index (χ0n) is 15.8. The summed E-state index contributed by atoms with van der Waals surface area (Å²) in [5.41, 5.74) is 0.612. The Kier molecular flexibility index (Phi) is 6.14. The summed E-state index contributed by atoms with van der Waals surface area (Å²) in [6.07, 6.45) is 5.34. The topological polar surface area (TPSA) is 86.7 Å². The van der Waals surface area contributed by atoms with Crippen molar-refractivity contribution in [3.8, 4) is 0 Å². The lowest BCUT2D eigenvalue weighted by Gasteiger charge is -2.34. The molecule has 0 bridgehead atoms. The Labute approximate surface area is 159 Å². The van der Waals surface area contributed by atoms with Gasteiger partial charge in [-0.3, -0.25) is 14.4 Å². The van der Waals surface area contributed by atoms with Gasteiger partial charge in [0.15, 0.2) is 0 Å². The molecule has 6 nitrogen and oxygen atoms in total. The van der Waals surface area contributed by atoms with E-state index in [0.717, 1.165) is 25.7 Å². The van der Waals surface area contributed by atoms with Gasteiger partial charge < -0.3 is 15.3 Å². The van der Waals surface area contributed by atoms with Crippen molar-refractivity contribution >= 4 is 17.8 Å². The summed E-state index contributed by atoms with van der Waals surface area (Å²) in [7, 11) is 0. The number of fused-ring (bicyclic) bond motifs is 1. The van der Waals surface area contributed by atoms with E-state index in [2.05, 4.69) is 5.32 Å². The van der Waals surface area contributed by atoms with Gasteiger partial charge in [0.25, 0.3) is 5.91 Å². The highest BCUT2D eigenvalue weighted by Crippen LogP contribution is 2.40. The van der Waals surface area contributed by atoms with Gasteiger partial charge >= 0.3 is 5.97 Å². The maximum absolute atomic E-state index is 13.2. The molecule has 2 amide bonds. The normalized spacial score (nSPS) is 25.5. The number of hydrogen-bond donors (Lipinski definition) is 2. The molecule has 2 N–H and O–H groups in total. The van der Waals surface area contributed by atoms with Gasteiger partial charge in [-0.15, -0.1) is 0 Å². The van der Waals surface area contributed by atoms with Gasteiger partial charge in [-0.05, 0) is 50.7 Å². The zero-order chi connectivity index (χ0) is 19.4. The van der Waals surface area contributed by atoms with Crippen molar-refractivity contribution in [3.63, 3.8) is 0 Å². The fourth-order valence-electron chi connectivity index (χ4n) is 4.47. The van der Waals surface area contributed by atoms with Gasteiger partial charge in [0.2, 0.25) is 5.91 Å². The van der Waals surface area contributed by atoms with Gasteiger partial charge in [-0.2, -0.15) is 0 Å². The molecule has 6 heteroatoms. The Morgan fingerprint density at radius 1 is 1.19 bits per heavy atom. The molecule has 1 saturated heterocycles. The number of hydrogen-bond acceptors (Lipinski definition) is 3. The van der Waals surface area contributed by atoms with Gasteiger partial charge in [0, 0.05) is 24.1 Å². The van der Waals surface area contributed by atoms with Gasteiger partial charge in [-0.25, -0.2) is 0 Å². The van der Waals surface area contributed by atoms with Gasteiger partial charge in [0.1, 0.15) is 6.04 Å². The molecule has 1 aromatic rings. The predicted molar refractivity (Wildman–Crippen MR) is 101 cm³/mol. The lowest BCUT2D eigenvalue weighted by atomic mass is 9.84. The van der Waals surface area contributed by atoms with Crippen LogP contribution >= 0.6 is 0 Å². The molecule has 0 aromatic heterocycles. The van der Waals surface area contributed by atoms with Crippen LogP contribution in [0.15, 0.2) is 30.3 Å². The van der Waals surface area contributed by atoms with Crippen molar-refractivity contribution in [2.45, 2.75) is 70.0 Å². The third-order valence-electron chi connectivity index (χ3n) is 5.83. The smallest absolute Gasteiger partial charge is 0.303 e. The van der Waals surface area contributed by atoms with Crippen LogP contribution in [-0.4, -0.2) is 45.9 Å². The highest BCUT2D eigenvalue weighted by molar-refractivity contribution is 5.98. The van der Waals surface area contributed by atoms with E-state index in [1.54, 1.807) is 17.0 Å². The number of aliphatic carboxylic acids is 1. The van der Waals surface area contributed by atoms with Crippen LogP contribution in [0.1, 0.15) is 62.2 Å². The second-order valence-electron chi connectivity index (χ2n) is 7.78. The molecule has 1 aliphatic heterocycles. The number of likely N-dealkylation sites (tertiary alicyclic amines) is 1. The van der Waals surface area contributed by atoms with Crippen molar-refractivity contribution < 1.29 is 19.5 Å². The first-order valence-electron chi connectivity index (χ1n) is 9.87. The summed E-state index contributed by atoms with van der Waals surface area (Å²) in [6, 6.07) is 8.55. The lowest BCUT2D eigenvalue weighted by Crippen LogP contribution is -2.51. The van der Waals surface area contributed by atoms with E-state index in [9.17, 15) is 14.4 Å². The molecule has 146 valence electrons. The summed E-state index contributed by atoms with van der Waals surface area (Å²) in [5, 5.41) is 11.8. The molecule has 0 spiro atoms. The maximum Gasteiger partial charge on any atom is 0.303 e. The molecule has 1 heterocycles. The van der Waals surface area contributed by atoms with Gasteiger partial charge in [0.05, 0.1) is 0 Å². The van der Waals surface area contributed by atoms with E-state index in [1.165, 1.54) is 0 Å². The minimum Gasteiger partial charge on any atom is -0.481 e. The summed E-state index contributed by atoms with van der Waals surface area (Å²) in [6.45, 7) is 1.81. The molecule has 4 unspecified atom stereocenters. The average molecular weight is 372 g/mol. The highest BCUT2D eigenvalue weighted by atomic mass is 16.4. The number of nitrogens with one attached hydrogen (secondary N) is 1. The highest BCUT2D eigenvalue weighted by Gasteiger charge is 2.47. The number of carboxylic acid groups (broad SMARTS) is 1. The van der Waals surface area contributed by atoms with Crippen LogP contribution in [0.5, 0.6) is 0 Å². The largest absolute Gasteiger partial charge is 0.481 e. The first kappa shape index (κ1) is 19.4.